The topological polar surface area (TPSA) is 20.2 Å². The molecule has 0 fully saturated rings. The van der Waals surface area contributed by atoms with E-state index in [0.717, 1.165) is 14.7 Å². The molecule has 0 amide bonds. The molecule has 0 saturated carbocycles. The summed E-state index contributed by atoms with van der Waals surface area (Å²) in [5, 5.41) is 9.43. The highest BCUT2D eigenvalue weighted by Gasteiger charge is 2.05. The minimum Gasteiger partial charge on any atom is -0.507 e. The van der Waals surface area contributed by atoms with Crippen molar-refractivity contribution in [2.45, 2.75) is 13.8 Å². The van der Waals surface area contributed by atoms with Crippen LogP contribution in [0.2, 0.25) is 0 Å². The summed E-state index contributed by atoms with van der Waals surface area (Å²) in [4.78, 5) is 0. The van der Waals surface area contributed by atoms with E-state index in [1.807, 2.05) is 19.9 Å². The Balaban J connectivity index is 3.46. The Labute approximate surface area is 81.4 Å². The van der Waals surface area contributed by atoms with Gasteiger partial charge in [-0.1, -0.05) is 5.46 Å². The first-order valence-corrected chi connectivity index (χ1v) is 4.36. The van der Waals surface area contributed by atoms with Crippen LogP contribution in [-0.4, -0.2) is 13.0 Å². The van der Waals surface area contributed by atoms with Gasteiger partial charge in [-0.05, 0) is 53.6 Å². The Hall–Kier alpha value is -0.185. The Morgan fingerprint density at radius 1 is 1.45 bits per heavy atom. The maximum absolute atomic E-state index is 9.43. The number of aryl methyl sites for hydroxylation is 1. The number of phenolic OH excluding ortho intramolecular Hbond substituents is 1. The number of halogens is 1. The van der Waals surface area contributed by atoms with Crippen molar-refractivity contribution < 1.29 is 5.11 Å². The summed E-state index contributed by atoms with van der Waals surface area (Å²) in [6.07, 6.45) is 0. The zero-order chi connectivity index (χ0) is 8.59. The van der Waals surface area contributed by atoms with E-state index in [0.29, 0.717) is 11.2 Å². The predicted molar refractivity (Wildman–Crippen MR) is 55.7 cm³/mol. The van der Waals surface area contributed by atoms with Crippen molar-refractivity contribution in [3.63, 3.8) is 0 Å². The fourth-order valence-corrected chi connectivity index (χ4v) is 1.81. The average Bonchev–Trinajstić information content (AvgIpc) is 1.97. The zero-order valence-corrected chi connectivity index (χ0v) is 8.64. The average molecular weight is 258 g/mol. The molecule has 1 N–H and O–H groups in total. The monoisotopic (exact) mass is 258 g/mol. The highest BCUT2D eigenvalue weighted by molar-refractivity contribution is 14.1. The Bertz CT molecular complexity index is 270. The van der Waals surface area contributed by atoms with E-state index in [-0.39, 0.29) is 0 Å². The van der Waals surface area contributed by atoms with Gasteiger partial charge in [0.15, 0.2) is 0 Å². The van der Waals surface area contributed by atoms with Gasteiger partial charge in [0.25, 0.3) is 0 Å². The van der Waals surface area contributed by atoms with E-state index < -0.39 is 0 Å². The van der Waals surface area contributed by atoms with Gasteiger partial charge < -0.3 is 5.11 Å². The van der Waals surface area contributed by atoms with Crippen LogP contribution in [0.15, 0.2) is 6.07 Å². The smallest absolute Gasteiger partial charge is 0.120 e. The molecular weight excluding hydrogens is 250 g/mol. The maximum atomic E-state index is 9.43. The molecule has 0 aliphatic carbocycles. The summed E-state index contributed by atoms with van der Waals surface area (Å²) in [5.41, 5.74) is 2.32. The van der Waals surface area contributed by atoms with Crippen LogP contribution in [0.5, 0.6) is 5.75 Å². The van der Waals surface area contributed by atoms with Gasteiger partial charge in [0, 0.05) is 3.57 Å². The fourth-order valence-electron chi connectivity index (χ4n) is 0.939. The van der Waals surface area contributed by atoms with Gasteiger partial charge in [0.1, 0.15) is 13.6 Å². The SMILES string of the molecule is [B]c1c(I)cc(C)c(O)c1C. The summed E-state index contributed by atoms with van der Waals surface area (Å²) in [7, 11) is 5.68. The summed E-state index contributed by atoms with van der Waals surface area (Å²) < 4.78 is 0.996. The molecule has 56 valence electrons. The molecular formula is C8H8BIO. The van der Waals surface area contributed by atoms with Gasteiger partial charge in [0.2, 0.25) is 0 Å². The van der Waals surface area contributed by atoms with E-state index in [4.69, 9.17) is 7.85 Å². The Kier molecular flexibility index (Phi) is 2.47. The summed E-state index contributed by atoms with van der Waals surface area (Å²) in [6, 6.07) is 1.87. The molecule has 11 heavy (non-hydrogen) atoms. The third-order valence-corrected chi connectivity index (χ3v) is 2.63. The molecule has 0 aliphatic heterocycles. The van der Waals surface area contributed by atoms with Crippen molar-refractivity contribution in [1.82, 2.24) is 0 Å². The number of phenols is 1. The minimum absolute atomic E-state index is 0.308. The van der Waals surface area contributed by atoms with Gasteiger partial charge in [-0.3, -0.25) is 0 Å². The number of aromatic hydroxyl groups is 1. The Morgan fingerprint density at radius 3 is 2.55 bits per heavy atom. The quantitative estimate of drug-likeness (QED) is 0.551. The van der Waals surface area contributed by atoms with Gasteiger partial charge in [-0.2, -0.15) is 0 Å². The summed E-state index contributed by atoms with van der Waals surface area (Å²) >= 11 is 2.16. The van der Waals surface area contributed by atoms with E-state index >= 15 is 0 Å². The fraction of sp³-hybridized carbons (Fsp3) is 0.250. The zero-order valence-electron chi connectivity index (χ0n) is 6.48. The molecule has 0 aromatic heterocycles. The number of hydrogen-bond donors (Lipinski definition) is 1. The molecule has 0 saturated heterocycles. The molecule has 0 atom stereocenters. The third kappa shape index (κ3) is 1.53. The van der Waals surface area contributed by atoms with Gasteiger partial charge in [0.05, 0.1) is 0 Å². The highest BCUT2D eigenvalue weighted by atomic mass is 127. The lowest BCUT2D eigenvalue weighted by molar-refractivity contribution is 0.467. The first kappa shape index (κ1) is 8.91. The van der Waals surface area contributed by atoms with Gasteiger partial charge >= 0.3 is 0 Å². The maximum Gasteiger partial charge on any atom is 0.120 e. The van der Waals surface area contributed by atoms with Crippen LogP contribution >= 0.6 is 22.6 Å². The second kappa shape index (κ2) is 3.05. The molecule has 1 aromatic rings. The van der Waals surface area contributed by atoms with Crippen molar-refractivity contribution in [1.29, 1.82) is 0 Å². The Morgan fingerprint density at radius 2 is 2.00 bits per heavy atom. The molecule has 1 aromatic carbocycles. The van der Waals surface area contributed by atoms with Gasteiger partial charge in [-0.15, -0.1) is 0 Å². The molecule has 0 unspecified atom stereocenters. The lowest BCUT2D eigenvalue weighted by atomic mass is 9.89. The molecule has 1 nitrogen and oxygen atoms in total. The van der Waals surface area contributed by atoms with Crippen LogP contribution in [0.3, 0.4) is 0 Å². The number of benzene rings is 1. The second-order valence-corrected chi connectivity index (χ2v) is 3.72. The van der Waals surface area contributed by atoms with Crippen LogP contribution in [0.25, 0.3) is 0 Å². The molecule has 3 heteroatoms. The molecule has 0 aliphatic rings. The molecule has 0 bridgehead atoms. The normalized spacial score (nSPS) is 10.1. The van der Waals surface area contributed by atoms with Crippen molar-refractivity contribution >= 4 is 35.9 Å². The van der Waals surface area contributed by atoms with Crippen molar-refractivity contribution in [3.05, 3.63) is 20.8 Å². The van der Waals surface area contributed by atoms with Gasteiger partial charge in [-0.25, -0.2) is 0 Å². The third-order valence-electron chi connectivity index (χ3n) is 1.73. The summed E-state index contributed by atoms with van der Waals surface area (Å²) in [6.45, 7) is 3.68. The first-order chi connectivity index (χ1) is 5.04. The molecule has 0 spiro atoms. The summed E-state index contributed by atoms with van der Waals surface area (Å²) in [5.74, 6) is 0.308. The van der Waals surface area contributed by atoms with Crippen molar-refractivity contribution in [3.8, 4) is 5.75 Å². The largest absolute Gasteiger partial charge is 0.507 e. The van der Waals surface area contributed by atoms with E-state index in [1.165, 1.54) is 0 Å². The number of rotatable bonds is 0. The van der Waals surface area contributed by atoms with Crippen LogP contribution < -0.4 is 5.46 Å². The molecule has 2 radical (unpaired) electrons. The predicted octanol–water partition coefficient (Wildman–Crippen LogP) is 1.41. The van der Waals surface area contributed by atoms with E-state index in [9.17, 15) is 5.11 Å². The first-order valence-electron chi connectivity index (χ1n) is 3.28. The lowest BCUT2D eigenvalue weighted by Crippen LogP contribution is -2.12. The minimum atomic E-state index is 0.308. The van der Waals surface area contributed by atoms with Crippen LogP contribution in [-0.2, 0) is 0 Å². The highest BCUT2D eigenvalue weighted by Crippen LogP contribution is 2.21. The standard InChI is InChI=1S/C8H8BIO/c1-4-3-6(10)7(9)5(2)8(4)11/h3,11H,1-2H3. The van der Waals surface area contributed by atoms with Crippen molar-refractivity contribution in [2.24, 2.45) is 0 Å². The second-order valence-electron chi connectivity index (χ2n) is 2.56. The lowest BCUT2D eigenvalue weighted by Gasteiger charge is -2.08. The van der Waals surface area contributed by atoms with Crippen LogP contribution in [0, 0.1) is 17.4 Å². The molecule has 1 rings (SSSR count). The van der Waals surface area contributed by atoms with Crippen molar-refractivity contribution in [2.75, 3.05) is 0 Å². The molecule has 0 heterocycles. The van der Waals surface area contributed by atoms with E-state index in [1.54, 1.807) is 0 Å². The number of hydrogen-bond acceptors (Lipinski definition) is 1. The van der Waals surface area contributed by atoms with Crippen LogP contribution in [0.1, 0.15) is 11.1 Å². The van der Waals surface area contributed by atoms with E-state index in [2.05, 4.69) is 22.6 Å². The van der Waals surface area contributed by atoms with Crippen LogP contribution in [0.4, 0.5) is 0 Å².